The molecule has 1 saturated carbocycles. The summed E-state index contributed by atoms with van der Waals surface area (Å²) in [5.41, 5.74) is 5.02. The molecule has 1 aromatic rings. The average molecular weight is 401 g/mol. The molecule has 0 radical (unpaired) electrons. The van der Waals surface area contributed by atoms with Gasteiger partial charge in [-0.3, -0.25) is 4.79 Å². The average Bonchev–Trinajstić information content (AvgIpc) is 3.22. The van der Waals surface area contributed by atoms with Gasteiger partial charge >= 0.3 is 0 Å². The van der Waals surface area contributed by atoms with Crippen molar-refractivity contribution in [2.45, 2.75) is 23.8 Å². The Morgan fingerprint density at radius 1 is 1.52 bits per heavy atom. The molecule has 0 bridgehead atoms. The number of halogens is 3. The molecule has 0 aromatic heterocycles. The van der Waals surface area contributed by atoms with Gasteiger partial charge in [0, 0.05) is 6.04 Å². The van der Waals surface area contributed by atoms with Gasteiger partial charge in [0.15, 0.2) is 5.82 Å². The number of hydrogen-bond donors (Lipinski definition) is 3. The summed E-state index contributed by atoms with van der Waals surface area (Å²) in [7, 11) is -4.23. The smallest absolute Gasteiger partial charge is 0.244 e. The van der Waals surface area contributed by atoms with Gasteiger partial charge in [-0.25, -0.2) is 17.5 Å². The number of rotatable bonds is 5. The van der Waals surface area contributed by atoms with Crippen LogP contribution in [0.4, 0.5) is 10.1 Å². The molecule has 0 saturated heterocycles. The number of carbonyl (C=O) groups is 1. The molecule has 6 nitrogen and oxygen atoms in total. The van der Waals surface area contributed by atoms with E-state index in [2.05, 4.69) is 21.2 Å². The van der Waals surface area contributed by atoms with Crippen molar-refractivity contribution < 1.29 is 17.6 Å². The predicted molar refractivity (Wildman–Crippen MR) is 79.9 cm³/mol. The Kier molecular flexibility index (Phi) is 4.76. The van der Waals surface area contributed by atoms with E-state index in [1.807, 2.05) is 4.72 Å². The third-order valence-corrected chi connectivity index (χ3v) is 5.59. The van der Waals surface area contributed by atoms with Crippen LogP contribution in [0.1, 0.15) is 12.8 Å². The standard InChI is InChI=1S/C11H12BrClFN3O3S/c12-9-6(13)3-7(10(14)11(9)15)21(19,20)16-4-8(18)17-5-1-2-5/h3,5,16H,1-2,4,15H2,(H,17,18). The van der Waals surface area contributed by atoms with Crippen LogP contribution < -0.4 is 15.8 Å². The van der Waals surface area contributed by atoms with E-state index in [1.165, 1.54) is 0 Å². The molecule has 1 aliphatic carbocycles. The molecule has 10 heteroatoms. The second kappa shape index (κ2) is 6.07. The van der Waals surface area contributed by atoms with Crippen LogP contribution in [0.5, 0.6) is 0 Å². The van der Waals surface area contributed by atoms with Crippen molar-refractivity contribution in [2.75, 3.05) is 12.3 Å². The SMILES string of the molecule is Nc1c(F)c(S(=O)(=O)NCC(=O)NC2CC2)cc(Cl)c1Br. The van der Waals surface area contributed by atoms with Gasteiger partial charge in [0.05, 0.1) is 21.7 Å². The van der Waals surface area contributed by atoms with E-state index in [0.29, 0.717) is 0 Å². The molecule has 2 rings (SSSR count). The fraction of sp³-hybridized carbons (Fsp3) is 0.364. The Bertz CT molecular complexity index is 694. The van der Waals surface area contributed by atoms with Gasteiger partial charge in [0.1, 0.15) is 4.90 Å². The minimum Gasteiger partial charge on any atom is -0.395 e. The second-order valence-electron chi connectivity index (χ2n) is 4.56. The third kappa shape index (κ3) is 3.85. The first-order chi connectivity index (χ1) is 9.72. The van der Waals surface area contributed by atoms with E-state index in [1.54, 1.807) is 0 Å². The van der Waals surface area contributed by atoms with Gasteiger partial charge in [-0.05, 0) is 34.8 Å². The molecule has 0 aliphatic heterocycles. The molecule has 0 unspecified atom stereocenters. The van der Waals surface area contributed by atoms with E-state index >= 15 is 0 Å². The largest absolute Gasteiger partial charge is 0.395 e. The van der Waals surface area contributed by atoms with Gasteiger partial charge in [0.2, 0.25) is 15.9 Å². The van der Waals surface area contributed by atoms with Crippen molar-refractivity contribution in [1.82, 2.24) is 10.0 Å². The first kappa shape index (κ1) is 16.5. The summed E-state index contributed by atoms with van der Waals surface area (Å²) in [6.07, 6.45) is 1.76. The molecule has 0 spiro atoms. The number of nitrogens with two attached hydrogens (primary N) is 1. The van der Waals surface area contributed by atoms with Gasteiger partial charge in [-0.15, -0.1) is 0 Å². The van der Waals surface area contributed by atoms with Crippen molar-refractivity contribution in [3.63, 3.8) is 0 Å². The molecule has 21 heavy (non-hydrogen) atoms. The summed E-state index contributed by atoms with van der Waals surface area (Å²) < 4.78 is 40.1. The van der Waals surface area contributed by atoms with Crippen LogP contribution in [0.25, 0.3) is 0 Å². The predicted octanol–water partition coefficient (Wildman–Crippen LogP) is 1.38. The van der Waals surface area contributed by atoms with Crippen LogP contribution in [-0.4, -0.2) is 26.9 Å². The van der Waals surface area contributed by atoms with Crippen LogP contribution in [0, 0.1) is 5.82 Å². The van der Waals surface area contributed by atoms with Gasteiger partial charge in [-0.2, -0.15) is 0 Å². The minimum atomic E-state index is -4.23. The number of hydrogen-bond acceptors (Lipinski definition) is 4. The number of nitrogen functional groups attached to an aromatic ring is 1. The molecule has 0 heterocycles. The Morgan fingerprint density at radius 3 is 2.71 bits per heavy atom. The Hall–Kier alpha value is -0.900. The lowest BCUT2D eigenvalue weighted by Crippen LogP contribution is -2.38. The Labute approximate surface area is 134 Å². The Morgan fingerprint density at radius 2 is 2.14 bits per heavy atom. The molecular formula is C11H12BrClFN3O3S. The molecule has 116 valence electrons. The second-order valence-corrected chi connectivity index (χ2v) is 7.50. The minimum absolute atomic E-state index is 0.0447. The molecule has 1 aromatic carbocycles. The lowest BCUT2D eigenvalue weighted by Gasteiger charge is -2.11. The number of amides is 1. The molecule has 1 aliphatic rings. The van der Waals surface area contributed by atoms with Crippen molar-refractivity contribution in [1.29, 1.82) is 0 Å². The van der Waals surface area contributed by atoms with E-state index in [-0.39, 0.29) is 15.5 Å². The van der Waals surface area contributed by atoms with Crippen molar-refractivity contribution in [2.24, 2.45) is 0 Å². The normalized spacial score (nSPS) is 15.0. The zero-order valence-electron chi connectivity index (χ0n) is 10.6. The van der Waals surface area contributed by atoms with Crippen molar-refractivity contribution >= 4 is 49.1 Å². The fourth-order valence-electron chi connectivity index (χ4n) is 1.54. The van der Waals surface area contributed by atoms with Crippen LogP contribution in [0.15, 0.2) is 15.4 Å². The maximum Gasteiger partial charge on any atom is 0.244 e. The first-order valence-electron chi connectivity index (χ1n) is 5.94. The molecular weight excluding hydrogens is 389 g/mol. The zero-order valence-corrected chi connectivity index (χ0v) is 13.8. The molecule has 4 N–H and O–H groups in total. The summed E-state index contributed by atoms with van der Waals surface area (Å²) in [6.45, 7) is -0.480. The number of sulfonamides is 1. The van der Waals surface area contributed by atoms with Gasteiger partial charge in [-0.1, -0.05) is 11.6 Å². The topological polar surface area (TPSA) is 101 Å². The van der Waals surface area contributed by atoms with E-state index in [9.17, 15) is 17.6 Å². The number of carbonyl (C=O) groups excluding carboxylic acids is 1. The highest BCUT2D eigenvalue weighted by Gasteiger charge is 2.26. The highest BCUT2D eigenvalue weighted by atomic mass is 79.9. The van der Waals surface area contributed by atoms with Crippen LogP contribution >= 0.6 is 27.5 Å². The fourth-order valence-corrected chi connectivity index (χ4v) is 3.20. The summed E-state index contributed by atoms with van der Waals surface area (Å²) in [5, 5.41) is 2.56. The zero-order chi connectivity index (χ0) is 15.8. The molecule has 0 atom stereocenters. The number of anilines is 1. The monoisotopic (exact) mass is 399 g/mol. The lowest BCUT2D eigenvalue weighted by atomic mass is 10.3. The quantitative estimate of drug-likeness (QED) is 0.513. The summed E-state index contributed by atoms with van der Waals surface area (Å²) in [6, 6.07) is 1.04. The maximum atomic E-state index is 13.9. The Balaban J connectivity index is 2.17. The van der Waals surface area contributed by atoms with Crippen molar-refractivity contribution in [3.05, 3.63) is 21.4 Å². The maximum absolute atomic E-state index is 13.9. The van der Waals surface area contributed by atoms with E-state index in [0.717, 1.165) is 18.9 Å². The highest BCUT2D eigenvalue weighted by Crippen LogP contribution is 2.34. The summed E-state index contributed by atoms with van der Waals surface area (Å²) >= 11 is 8.72. The van der Waals surface area contributed by atoms with E-state index < -0.39 is 38.9 Å². The first-order valence-corrected chi connectivity index (χ1v) is 8.60. The third-order valence-electron chi connectivity index (χ3n) is 2.81. The summed E-state index contributed by atoms with van der Waals surface area (Å²) in [5.74, 6) is -1.60. The van der Waals surface area contributed by atoms with E-state index in [4.69, 9.17) is 17.3 Å². The molecule has 1 amide bonds. The number of benzene rings is 1. The van der Waals surface area contributed by atoms with Crippen LogP contribution in [0.2, 0.25) is 5.02 Å². The summed E-state index contributed by atoms with van der Waals surface area (Å²) in [4.78, 5) is 10.8. The lowest BCUT2D eigenvalue weighted by molar-refractivity contribution is -0.120. The van der Waals surface area contributed by atoms with Gasteiger partial charge in [0.25, 0.3) is 0 Å². The molecule has 1 fully saturated rings. The van der Waals surface area contributed by atoms with Crippen LogP contribution in [-0.2, 0) is 14.8 Å². The van der Waals surface area contributed by atoms with Crippen molar-refractivity contribution in [3.8, 4) is 0 Å². The van der Waals surface area contributed by atoms with Gasteiger partial charge < -0.3 is 11.1 Å². The number of nitrogens with one attached hydrogen (secondary N) is 2. The highest BCUT2D eigenvalue weighted by molar-refractivity contribution is 9.10. The van der Waals surface area contributed by atoms with Crippen LogP contribution in [0.3, 0.4) is 0 Å².